The lowest BCUT2D eigenvalue weighted by Crippen LogP contribution is -2.30. The van der Waals surface area contributed by atoms with Gasteiger partial charge in [-0.2, -0.15) is 0 Å². The zero-order valence-electron chi connectivity index (χ0n) is 13.3. The Labute approximate surface area is 130 Å². The maximum absolute atomic E-state index is 11.9. The molecule has 0 bridgehead atoms. The number of hydrogen-bond donors (Lipinski definition) is 0. The number of aromatic nitrogens is 2. The third-order valence-corrected chi connectivity index (χ3v) is 4.30. The van der Waals surface area contributed by atoms with Gasteiger partial charge in [0.05, 0.1) is 23.7 Å². The van der Waals surface area contributed by atoms with Crippen LogP contribution in [0.5, 0.6) is 0 Å². The second-order valence-corrected chi connectivity index (χ2v) is 5.68. The van der Waals surface area contributed by atoms with Crippen LogP contribution in [-0.4, -0.2) is 40.1 Å². The quantitative estimate of drug-likeness (QED) is 0.798. The van der Waals surface area contributed by atoms with Gasteiger partial charge >= 0.3 is 0 Å². The van der Waals surface area contributed by atoms with Crippen molar-refractivity contribution in [2.75, 3.05) is 19.8 Å². The summed E-state index contributed by atoms with van der Waals surface area (Å²) in [7, 11) is 0. The first-order valence-corrected chi connectivity index (χ1v) is 8.02. The van der Waals surface area contributed by atoms with Crippen LogP contribution in [0, 0.1) is 0 Å². The molecule has 118 valence electrons. The fraction of sp³-hybridized carbons (Fsp3) is 0.529. The molecule has 1 aromatic carbocycles. The minimum Gasteiger partial charge on any atom is -0.380 e. The van der Waals surface area contributed by atoms with Crippen molar-refractivity contribution in [1.29, 1.82) is 0 Å². The molecule has 1 unspecified atom stereocenters. The highest BCUT2D eigenvalue weighted by Crippen LogP contribution is 2.33. The van der Waals surface area contributed by atoms with Gasteiger partial charge < -0.3 is 14.2 Å². The summed E-state index contributed by atoms with van der Waals surface area (Å²) < 4.78 is 7.74. The van der Waals surface area contributed by atoms with Gasteiger partial charge in [-0.1, -0.05) is 12.1 Å². The molecule has 2 aromatic rings. The van der Waals surface area contributed by atoms with Gasteiger partial charge in [-0.15, -0.1) is 0 Å². The molecule has 5 heteroatoms. The molecule has 1 saturated heterocycles. The second-order valence-electron chi connectivity index (χ2n) is 5.68. The van der Waals surface area contributed by atoms with E-state index in [1.807, 2.05) is 30.0 Å². The molecule has 1 amide bonds. The Morgan fingerprint density at radius 2 is 2.23 bits per heavy atom. The Morgan fingerprint density at radius 3 is 3.00 bits per heavy atom. The summed E-state index contributed by atoms with van der Waals surface area (Å²) in [5.41, 5.74) is 2.11. The highest BCUT2D eigenvalue weighted by molar-refractivity contribution is 5.77. The van der Waals surface area contributed by atoms with Crippen molar-refractivity contribution < 1.29 is 9.53 Å². The number of hydrogen-bond acceptors (Lipinski definition) is 3. The zero-order chi connectivity index (χ0) is 15.5. The van der Waals surface area contributed by atoms with Crippen LogP contribution in [0.25, 0.3) is 11.0 Å². The van der Waals surface area contributed by atoms with Crippen LogP contribution in [0.1, 0.15) is 38.6 Å². The van der Waals surface area contributed by atoms with Gasteiger partial charge in [0, 0.05) is 26.6 Å². The van der Waals surface area contributed by atoms with E-state index in [0.29, 0.717) is 13.2 Å². The summed E-state index contributed by atoms with van der Waals surface area (Å²) in [5, 5.41) is 0. The molecule has 0 N–H and O–H groups in total. The molecule has 3 rings (SSSR count). The third-order valence-electron chi connectivity index (χ3n) is 4.30. The molecule has 22 heavy (non-hydrogen) atoms. The Morgan fingerprint density at radius 1 is 1.41 bits per heavy atom. The minimum absolute atomic E-state index is 0.0894. The van der Waals surface area contributed by atoms with Gasteiger partial charge in [-0.05, 0) is 31.9 Å². The van der Waals surface area contributed by atoms with Gasteiger partial charge in [0.15, 0.2) is 0 Å². The summed E-state index contributed by atoms with van der Waals surface area (Å²) >= 11 is 0. The molecule has 1 aliphatic rings. The zero-order valence-corrected chi connectivity index (χ0v) is 13.3. The average molecular weight is 301 g/mol. The van der Waals surface area contributed by atoms with Gasteiger partial charge in [-0.3, -0.25) is 4.79 Å². The Hall–Kier alpha value is -1.88. The fourth-order valence-electron chi connectivity index (χ4n) is 3.30. The van der Waals surface area contributed by atoms with Crippen molar-refractivity contribution in [2.45, 2.75) is 39.3 Å². The number of imidazole rings is 1. The summed E-state index contributed by atoms with van der Waals surface area (Å²) in [4.78, 5) is 18.6. The summed E-state index contributed by atoms with van der Waals surface area (Å²) in [5.74, 6) is 1.12. The van der Waals surface area contributed by atoms with Crippen LogP contribution in [0.15, 0.2) is 24.3 Å². The Bertz CT molecular complexity index is 665. The van der Waals surface area contributed by atoms with Gasteiger partial charge in [-0.25, -0.2) is 4.98 Å². The number of fused-ring (bicyclic) bond motifs is 1. The van der Waals surface area contributed by atoms with E-state index >= 15 is 0 Å². The molecule has 2 heterocycles. The molecular weight excluding hydrogens is 278 g/mol. The van der Waals surface area contributed by atoms with Crippen LogP contribution in [0.2, 0.25) is 0 Å². The van der Waals surface area contributed by atoms with Crippen LogP contribution in [-0.2, 0) is 16.1 Å². The van der Waals surface area contributed by atoms with Crippen LogP contribution >= 0.6 is 0 Å². The number of ether oxygens (including phenoxy) is 1. The molecule has 1 aliphatic heterocycles. The smallest absolute Gasteiger partial charge is 0.220 e. The van der Waals surface area contributed by atoms with Crippen LogP contribution in [0.3, 0.4) is 0 Å². The first kappa shape index (κ1) is 15.0. The van der Waals surface area contributed by atoms with Crippen LogP contribution < -0.4 is 0 Å². The SMILES string of the molecule is CCOCCn1c(C2CCCN2C(C)=O)nc2ccccc21. The largest absolute Gasteiger partial charge is 0.380 e. The van der Waals surface area contributed by atoms with Crippen LogP contribution in [0.4, 0.5) is 0 Å². The van der Waals surface area contributed by atoms with E-state index in [9.17, 15) is 4.79 Å². The lowest BCUT2D eigenvalue weighted by atomic mass is 10.2. The predicted octanol–water partition coefficient (Wildman–Crippen LogP) is 2.76. The Kier molecular flexibility index (Phi) is 4.43. The van der Waals surface area contributed by atoms with E-state index in [4.69, 9.17) is 9.72 Å². The van der Waals surface area contributed by atoms with E-state index in [1.165, 1.54) is 0 Å². The molecule has 1 aromatic heterocycles. The normalized spacial score (nSPS) is 18.3. The number of likely N-dealkylation sites (tertiary alicyclic amines) is 1. The molecule has 5 nitrogen and oxygen atoms in total. The number of nitrogens with zero attached hydrogens (tertiary/aromatic N) is 3. The number of amides is 1. The highest BCUT2D eigenvalue weighted by Gasteiger charge is 2.31. The first-order valence-electron chi connectivity index (χ1n) is 8.02. The molecule has 0 spiro atoms. The Balaban J connectivity index is 2.00. The second kappa shape index (κ2) is 6.48. The lowest BCUT2D eigenvalue weighted by Gasteiger charge is -2.23. The lowest BCUT2D eigenvalue weighted by molar-refractivity contribution is -0.129. The molecular formula is C17H23N3O2. The number of rotatable bonds is 5. The topological polar surface area (TPSA) is 47.4 Å². The number of benzene rings is 1. The number of carbonyl (C=O) groups is 1. The summed E-state index contributed by atoms with van der Waals surface area (Å²) in [6, 6.07) is 8.24. The van der Waals surface area contributed by atoms with Gasteiger partial charge in [0.2, 0.25) is 5.91 Å². The van der Waals surface area contributed by atoms with Crippen molar-refractivity contribution in [3.63, 3.8) is 0 Å². The van der Waals surface area contributed by atoms with E-state index in [-0.39, 0.29) is 11.9 Å². The molecule has 0 saturated carbocycles. The average Bonchev–Trinajstić information content (AvgIpc) is 3.12. The van der Waals surface area contributed by atoms with Gasteiger partial charge in [0.25, 0.3) is 0 Å². The molecule has 1 atom stereocenters. The monoisotopic (exact) mass is 301 g/mol. The number of carbonyl (C=O) groups excluding carboxylic acids is 1. The van der Waals surface area contributed by atoms with E-state index in [2.05, 4.69) is 10.6 Å². The fourth-order valence-corrected chi connectivity index (χ4v) is 3.30. The molecule has 1 fully saturated rings. The molecule has 0 radical (unpaired) electrons. The third kappa shape index (κ3) is 2.73. The maximum atomic E-state index is 11.9. The van der Waals surface area contributed by atoms with Crippen molar-refractivity contribution in [1.82, 2.24) is 14.5 Å². The highest BCUT2D eigenvalue weighted by atomic mass is 16.5. The maximum Gasteiger partial charge on any atom is 0.220 e. The van der Waals surface area contributed by atoms with Crippen molar-refractivity contribution in [2.24, 2.45) is 0 Å². The standard InChI is InChI=1S/C17H23N3O2/c1-3-22-12-11-20-15-8-5-4-7-14(15)18-17(20)16-9-6-10-19(16)13(2)21/h4-5,7-8,16H,3,6,9-12H2,1-2H3. The van der Waals surface area contributed by atoms with Crippen molar-refractivity contribution >= 4 is 16.9 Å². The minimum atomic E-state index is 0.0894. The summed E-state index contributed by atoms with van der Waals surface area (Å²) in [6.45, 7) is 6.62. The summed E-state index contributed by atoms with van der Waals surface area (Å²) in [6.07, 6.45) is 2.02. The number of para-hydroxylation sites is 2. The van der Waals surface area contributed by atoms with E-state index in [1.54, 1.807) is 6.92 Å². The van der Waals surface area contributed by atoms with E-state index < -0.39 is 0 Å². The van der Waals surface area contributed by atoms with E-state index in [0.717, 1.165) is 42.8 Å². The van der Waals surface area contributed by atoms with Crippen molar-refractivity contribution in [3.8, 4) is 0 Å². The van der Waals surface area contributed by atoms with Crippen molar-refractivity contribution in [3.05, 3.63) is 30.1 Å². The molecule has 0 aliphatic carbocycles. The first-order chi connectivity index (χ1) is 10.7. The predicted molar refractivity (Wildman–Crippen MR) is 85.6 cm³/mol. The van der Waals surface area contributed by atoms with Gasteiger partial charge in [0.1, 0.15) is 5.82 Å².